The molecule has 0 amide bonds. The van der Waals surface area contributed by atoms with Gasteiger partial charge in [0, 0.05) is 12.5 Å². The van der Waals surface area contributed by atoms with Gasteiger partial charge in [-0.15, -0.1) is 0 Å². The van der Waals surface area contributed by atoms with Gasteiger partial charge in [0.1, 0.15) is 0 Å². The predicted octanol–water partition coefficient (Wildman–Crippen LogP) is 1.62. The fourth-order valence-electron chi connectivity index (χ4n) is 2.80. The van der Waals surface area contributed by atoms with E-state index in [4.69, 9.17) is 10.5 Å². The Labute approximate surface area is 123 Å². The Morgan fingerprint density at radius 2 is 2.10 bits per heavy atom. The van der Waals surface area contributed by atoms with Crippen LogP contribution in [0.25, 0.3) is 0 Å². The van der Waals surface area contributed by atoms with Crippen LogP contribution in [0.2, 0.25) is 0 Å². The molecule has 7 heteroatoms. The number of phenolic OH excluding ortho intramolecular Hbond substituents is 1. The van der Waals surface area contributed by atoms with E-state index >= 15 is 0 Å². The summed E-state index contributed by atoms with van der Waals surface area (Å²) in [6.07, 6.45) is 2.68. The van der Waals surface area contributed by atoms with Gasteiger partial charge >= 0.3 is 5.69 Å². The smallest absolute Gasteiger partial charge is 0.314 e. The fraction of sp³-hybridized carbons (Fsp3) is 0.571. The van der Waals surface area contributed by atoms with Crippen molar-refractivity contribution in [3.05, 3.63) is 27.8 Å². The summed E-state index contributed by atoms with van der Waals surface area (Å²) < 4.78 is 5.01. The van der Waals surface area contributed by atoms with Gasteiger partial charge in [-0.05, 0) is 44.5 Å². The molecule has 1 aromatic rings. The minimum atomic E-state index is -0.620. The number of rotatable bonds is 5. The van der Waals surface area contributed by atoms with Crippen molar-refractivity contribution in [2.24, 2.45) is 5.73 Å². The lowest BCUT2D eigenvalue weighted by atomic mass is 9.99. The van der Waals surface area contributed by atoms with Crippen molar-refractivity contribution in [2.75, 3.05) is 20.2 Å². The van der Waals surface area contributed by atoms with Crippen molar-refractivity contribution in [1.82, 2.24) is 4.90 Å². The Morgan fingerprint density at radius 1 is 1.48 bits per heavy atom. The van der Waals surface area contributed by atoms with Crippen molar-refractivity contribution >= 4 is 5.69 Å². The van der Waals surface area contributed by atoms with Gasteiger partial charge in [0.25, 0.3) is 0 Å². The lowest BCUT2D eigenvalue weighted by molar-refractivity contribution is -0.386. The Balaban J connectivity index is 2.31. The molecule has 1 unspecified atom stereocenters. The highest BCUT2D eigenvalue weighted by Gasteiger charge is 2.31. The first-order valence-electron chi connectivity index (χ1n) is 6.93. The molecule has 1 atom stereocenters. The summed E-state index contributed by atoms with van der Waals surface area (Å²) in [4.78, 5) is 12.6. The SMILES string of the molecule is COc1cc(CC(C)(N)N2CCCC2)cc([N+](=O)[O-])c1O. The van der Waals surface area contributed by atoms with Crippen LogP contribution < -0.4 is 10.5 Å². The number of likely N-dealkylation sites (tertiary alicyclic amines) is 1. The first kappa shape index (κ1) is 15.5. The summed E-state index contributed by atoms with van der Waals surface area (Å²) in [5.74, 6) is -0.359. The third-order valence-corrected chi connectivity index (χ3v) is 3.92. The summed E-state index contributed by atoms with van der Waals surface area (Å²) >= 11 is 0. The zero-order chi connectivity index (χ0) is 15.6. The quantitative estimate of drug-likeness (QED) is 0.632. The molecule has 0 radical (unpaired) electrons. The van der Waals surface area contributed by atoms with E-state index in [1.165, 1.54) is 13.2 Å². The Morgan fingerprint density at radius 3 is 2.62 bits per heavy atom. The monoisotopic (exact) mass is 295 g/mol. The average Bonchev–Trinajstić information content (AvgIpc) is 2.94. The molecule has 0 aromatic heterocycles. The molecular formula is C14H21N3O4. The molecule has 3 N–H and O–H groups in total. The highest BCUT2D eigenvalue weighted by molar-refractivity contribution is 5.57. The number of hydrogen-bond acceptors (Lipinski definition) is 6. The first-order valence-corrected chi connectivity index (χ1v) is 6.93. The molecule has 1 saturated heterocycles. The van der Waals surface area contributed by atoms with E-state index in [1.54, 1.807) is 6.07 Å². The average molecular weight is 295 g/mol. The van der Waals surface area contributed by atoms with Crippen LogP contribution in [0.4, 0.5) is 5.69 Å². The van der Waals surface area contributed by atoms with E-state index in [0.29, 0.717) is 12.0 Å². The topological polar surface area (TPSA) is 102 Å². The molecule has 7 nitrogen and oxygen atoms in total. The lowest BCUT2D eigenvalue weighted by Gasteiger charge is -2.35. The minimum absolute atomic E-state index is 0.0939. The number of phenols is 1. The van der Waals surface area contributed by atoms with Crippen LogP contribution in [-0.2, 0) is 6.42 Å². The summed E-state index contributed by atoms with van der Waals surface area (Å²) in [5, 5.41) is 20.8. The fourth-order valence-corrected chi connectivity index (χ4v) is 2.80. The molecule has 1 aromatic carbocycles. The van der Waals surface area contributed by atoms with Crippen LogP contribution in [0.15, 0.2) is 12.1 Å². The van der Waals surface area contributed by atoms with Gasteiger partial charge in [-0.3, -0.25) is 15.0 Å². The molecule has 1 aliphatic heterocycles. The maximum absolute atomic E-state index is 11.0. The number of aromatic hydroxyl groups is 1. The normalized spacial score (nSPS) is 18.4. The molecule has 1 aliphatic rings. The largest absolute Gasteiger partial charge is 0.500 e. The van der Waals surface area contributed by atoms with Crippen molar-refractivity contribution in [3.63, 3.8) is 0 Å². The van der Waals surface area contributed by atoms with Gasteiger partial charge in [-0.1, -0.05) is 0 Å². The predicted molar refractivity (Wildman–Crippen MR) is 78.4 cm³/mol. The van der Waals surface area contributed by atoms with Crippen molar-refractivity contribution in [3.8, 4) is 11.5 Å². The third kappa shape index (κ3) is 3.25. The van der Waals surface area contributed by atoms with Crippen LogP contribution in [0.3, 0.4) is 0 Å². The van der Waals surface area contributed by atoms with Gasteiger partial charge in [-0.25, -0.2) is 0 Å². The zero-order valence-electron chi connectivity index (χ0n) is 12.3. The van der Waals surface area contributed by atoms with Gasteiger partial charge in [-0.2, -0.15) is 0 Å². The maximum Gasteiger partial charge on any atom is 0.314 e. The van der Waals surface area contributed by atoms with E-state index in [-0.39, 0.29) is 11.4 Å². The second-order valence-electron chi connectivity index (χ2n) is 5.65. The number of nitro benzene ring substituents is 1. The maximum atomic E-state index is 11.0. The number of ether oxygens (including phenoxy) is 1. The molecule has 1 heterocycles. The van der Waals surface area contributed by atoms with Crippen molar-refractivity contribution < 1.29 is 14.8 Å². The van der Waals surface area contributed by atoms with Gasteiger partial charge in [0.2, 0.25) is 5.75 Å². The van der Waals surface area contributed by atoms with Crippen LogP contribution >= 0.6 is 0 Å². The number of methoxy groups -OCH3 is 1. The minimum Gasteiger partial charge on any atom is -0.500 e. The number of nitro groups is 1. The van der Waals surface area contributed by atoms with Gasteiger partial charge in [0.05, 0.1) is 17.7 Å². The second kappa shape index (κ2) is 5.87. The highest BCUT2D eigenvalue weighted by atomic mass is 16.6. The van der Waals surface area contributed by atoms with Gasteiger partial charge < -0.3 is 15.6 Å². The van der Waals surface area contributed by atoms with Crippen LogP contribution in [0.5, 0.6) is 11.5 Å². The number of benzene rings is 1. The standard InChI is InChI=1S/C14H21N3O4/c1-14(15,16-5-3-4-6-16)9-10-7-11(17(19)20)13(18)12(8-10)21-2/h7-8,18H,3-6,9,15H2,1-2H3. The Kier molecular flexibility index (Phi) is 4.34. The van der Waals surface area contributed by atoms with Gasteiger partial charge in [0.15, 0.2) is 5.75 Å². The van der Waals surface area contributed by atoms with Crippen LogP contribution in [0, 0.1) is 10.1 Å². The van der Waals surface area contributed by atoms with E-state index in [1.807, 2.05) is 6.92 Å². The van der Waals surface area contributed by atoms with Crippen molar-refractivity contribution in [2.45, 2.75) is 31.8 Å². The molecule has 0 bridgehead atoms. The molecule has 0 aliphatic carbocycles. The summed E-state index contributed by atoms with van der Waals surface area (Å²) in [5.41, 5.74) is 6.10. The van der Waals surface area contributed by atoms with Crippen molar-refractivity contribution in [1.29, 1.82) is 0 Å². The summed E-state index contributed by atoms with van der Waals surface area (Å²) in [6, 6.07) is 2.96. The molecular weight excluding hydrogens is 274 g/mol. The van der Waals surface area contributed by atoms with Crippen LogP contribution in [-0.4, -0.2) is 40.8 Å². The van der Waals surface area contributed by atoms with E-state index in [0.717, 1.165) is 25.9 Å². The van der Waals surface area contributed by atoms with Crippen LogP contribution in [0.1, 0.15) is 25.3 Å². The highest BCUT2D eigenvalue weighted by Crippen LogP contribution is 2.37. The van der Waals surface area contributed by atoms with E-state index in [9.17, 15) is 15.2 Å². The molecule has 1 fully saturated rings. The Hall–Kier alpha value is -1.86. The zero-order valence-corrected chi connectivity index (χ0v) is 12.3. The Bertz CT molecular complexity index is 539. The number of hydrogen-bond donors (Lipinski definition) is 2. The molecule has 0 saturated carbocycles. The first-order chi connectivity index (χ1) is 9.85. The summed E-state index contributed by atoms with van der Waals surface area (Å²) in [7, 11) is 1.37. The molecule has 116 valence electrons. The van der Waals surface area contributed by atoms with E-state index in [2.05, 4.69) is 4.90 Å². The summed E-state index contributed by atoms with van der Waals surface area (Å²) in [6.45, 7) is 3.79. The molecule has 21 heavy (non-hydrogen) atoms. The third-order valence-electron chi connectivity index (χ3n) is 3.92. The molecule has 2 rings (SSSR count). The molecule has 0 spiro atoms. The number of nitrogens with zero attached hydrogens (tertiary/aromatic N) is 2. The second-order valence-corrected chi connectivity index (χ2v) is 5.65. The lowest BCUT2D eigenvalue weighted by Crippen LogP contribution is -2.54. The number of nitrogens with two attached hydrogens (primary N) is 1. The van der Waals surface area contributed by atoms with E-state index < -0.39 is 16.3 Å².